The van der Waals surface area contributed by atoms with Crippen molar-refractivity contribution in [2.75, 3.05) is 0 Å². The molecule has 0 atom stereocenters. The van der Waals surface area contributed by atoms with Gasteiger partial charge in [-0.3, -0.25) is 0 Å². The van der Waals surface area contributed by atoms with E-state index < -0.39 is 0 Å². The summed E-state index contributed by atoms with van der Waals surface area (Å²) in [5.41, 5.74) is 8.95. The third-order valence-corrected chi connectivity index (χ3v) is 5.10. The van der Waals surface area contributed by atoms with Gasteiger partial charge in [-0.25, -0.2) is 4.98 Å². The maximum Gasteiger partial charge on any atom is 0.0927 e. The SMILES string of the molecule is C(=C1/CCCc2ccc(-c3cccc4[nH]ccc34)cc21)/c1c[nH]cn1. The van der Waals surface area contributed by atoms with Crippen LogP contribution in [0.3, 0.4) is 0 Å². The first-order valence-corrected chi connectivity index (χ1v) is 8.78. The summed E-state index contributed by atoms with van der Waals surface area (Å²) in [7, 11) is 0. The van der Waals surface area contributed by atoms with Gasteiger partial charge in [-0.05, 0) is 71.4 Å². The Morgan fingerprint density at radius 3 is 2.92 bits per heavy atom. The number of fused-ring (bicyclic) bond motifs is 2. The lowest BCUT2D eigenvalue weighted by Crippen LogP contribution is -2.02. The van der Waals surface area contributed by atoms with Gasteiger partial charge in [-0.1, -0.05) is 24.3 Å². The van der Waals surface area contributed by atoms with Crippen molar-refractivity contribution < 1.29 is 0 Å². The smallest absolute Gasteiger partial charge is 0.0927 e. The van der Waals surface area contributed by atoms with Crippen molar-refractivity contribution in [3.05, 3.63) is 78.0 Å². The number of hydrogen-bond donors (Lipinski definition) is 2. The predicted molar refractivity (Wildman–Crippen MR) is 103 cm³/mol. The average molecular weight is 325 g/mol. The van der Waals surface area contributed by atoms with Crippen molar-refractivity contribution in [1.82, 2.24) is 15.0 Å². The van der Waals surface area contributed by atoms with E-state index in [1.165, 1.54) is 45.2 Å². The first-order valence-electron chi connectivity index (χ1n) is 8.78. The number of imidazole rings is 1. The van der Waals surface area contributed by atoms with Crippen molar-refractivity contribution in [2.24, 2.45) is 0 Å². The van der Waals surface area contributed by atoms with Gasteiger partial charge in [0.25, 0.3) is 0 Å². The fourth-order valence-electron chi connectivity index (χ4n) is 3.88. The van der Waals surface area contributed by atoms with Crippen LogP contribution in [0.1, 0.15) is 29.7 Å². The second-order valence-electron chi connectivity index (χ2n) is 6.63. The third-order valence-electron chi connectivity index (χ3n) is 5.10. The summed E-state index contributed by atoms with van der Waals surface area (Å²) in [5.74, 6) is 0. The Bertz CT molecular complexity index is 1070. The first-order chi connectivity index (χ1) is 12.4. The molecule has 3 nitrogen and oxygen atoms in total. The van der Waals surface area contributed by atoms with Crippen LogP contribution in [0.2, 0.25) is 0 Å². The Balaban J connectivity index is 1.66. The molecule has 2 aromatic carbocycles. The molecule has 2 N–H and O–H groups in total. The number of rotatable bonds is 2. The van der Waals surface area contributed by atoms with Crippen LogP contribution in [0.25, 0.3) is 33.7 Å². The molecule has 2 aromatic heterocycles. The summed E-state index contributed by atoms with van der Waals surface area (Å²) in [6, 6.07) is 15.5. The maximum atomic E-state index is 4.36. The molecule has 1 aliphatic rings. The molecule has 0 amide bonds. The van der Waals surface area contributed by atoms with E-state index in [2.05, 4.69) is 63.5 Å². The number of nitrogens with zero attached hydrogens (tertiary/aromatic N) is 1. The molecule has 0 saturated heterocycles. The van der Waals surface area contributed by atoms with Crippen LogP contribution < -0.4 is 0 Å². The van der Waals surface area contributed by atoms with Gasteiger partial charge in [0.2, 0.25) is 0 Å². The Morgan fingerprint density at radius 1 is 1.00 bits per heavy atom. The Labute approximate surface area is 146 Å². The second kappa shape index (κ2) is 5.78. The second-order valence-corrected chi connectivity index (χ2v) is 6.63. The standard InChI is InChI=1S/C22H19N3/c1-3-15-7-8-17(19-5-2-6-22-20(19)9-10-24-22)12-21(15)16(4-1)11-18-13-23-14-25-18/h2,5-14,24H,1,3-4H2,(H,23,25)/b16-11+. The molecule has 0 unspecified atom stereocenters. The quantitative estimate of drug-likeness (QED) is 0.507. The average Bonchev–Trinajstić information content (AvgIpc) is 3.33. The molecule has 25 heavy (non-hydrogen) atoms. The number of aromatic amines is 2. The number of benzene rings is 2. The zero-order valence-corrected chi connectivity index (χ0v) is 13.9. The third kappa shape index (κ3) is 2.49. The zero-order chi connectivity index (χ0) is 16.6. The summed E-state index contributed by atoms with van der Waals surface area (Å²) in [4.78, 5) is 10.7. The van der Waals surface area contributed by atoms with Crippen LogP contribution in [0, 0.1) is 0 Å². The van der Waals surface area contributed by atoms with Gasteiger partial charge >= 0.3 is 0 Å². The van der Waals surface area contributed by atoms with E-state index in [0.717, 1.165) is 18.5 Å². The minimum Gasteiger partial charge on any atom is -0.361 e. The normalized spacial score (nSPS) is 15.6. The van der Waals surface area contributed by atoms with Gasteiger partial charge in [0.1, 0.15) is 0 Å². The number of hydrogen-bond acceptors (Lipinski definition) is 1. The summed E-state index contributed by atoms with van der Waals surface area (Å²) >= 11 is 0. The van der Waals surface area contributed by atoms with Gasteiger partial charge in [-0.15, -0.1) is 0 Å². The number of allylic oxidation sites excluding steroid dienone is 1. The van der Waals surface area contributed by atoms with E-state index in [1.807, 2.05) is 12.4 Å². The molecule has 0 saturated carbocycles. The van der Waals surface area contributed by atoms with E-state index in [-0.39, 0.29) is 0 Å². The van der Waals surface area contributed by atoms with Crippen LogP contribution >= 0.6 is 0 Å². The van der Waals surface area contributed by atoms with Crippen LogP contribution in [0.4, 0.5) is 0 Å². The van der Waals surface area contributed by atoms with E-state index in [1.54, 1.807) is 6.33 Å². The minimum atomic E-state index is 1.00. The van der Waals surface area contributed by atoms with E-state index in [4.69, 9.17) is 0 Å². The minimum absolute atomic E-state index is 1.00. The topological polar surface area (TPSA) is 44.5 Å². The molecule has 0 fully saturated rings. The molecule has 2 heterocycles. The molecule has 4 aromatic rings. The number of aromatic nitrogens is 3. The van der Waals surface area contributed by atoms with E-state index in [0.29, 0.717) is 0 Å². The number of H-pyrrole nitrogens is 2. The predicted octanol–water partition coefficient (Wildman–Crippen LogP) is 5.43. The van der Waals surface area contributed by atoms with Gasteiger partial charge < -0.3 is 9.97 Å². The van der Waals surface area contributed by atoms with Crippen molar-refractivity contribution in [1.29, 1.82) is 0 Å². The molecular weight excluding hydrogens is 306 g/mol. The molecule has 0 bridgehead atoms. The molecule has 5 rings (SSSR count). The fourth-order valence-corrected chi connectivity index (χ4v) is 3.88. The number of aryl methyl sites for hydroxylation is 1. The fraction of sp³-hybridized carbons (Fsp3) is 0.136. The summed E-state index contributed by atoms with van der Waals surface area (Å²) in [6.07, 6.45) is 11.4. The lowest BCUT2D eigenvalue weighted by molar-refractivity contribution is 0.824. The van der Waals surface area contributed by atoms with E-state index >= 15 is 0 Å². The molecule has 0 spiro atoms. The van der Waals surface area contributed by atoms with Crippen LogP contribution in [-0.4, -0.2) is 15.0 Å². The zero-order valence-electron chi connectivity index (χ0n) is 13.9. The highest BCUT2D eigenvalue weighted by molar-refractivity contribution is 5.96. The molecule has 0 aliphatic heterocycles. The van der Waals surface area contributed by atoms with Crippen molar-refractivity contribution in [2.45, 2.75) is 19.3 Å². The largest absolute Gasteiger partial charge is 0.361 e. The van der Waals surface area contributed by atoms with Gasteiger partial charge in [0, 0.05) is 23.3 Å². The summed E-state index contributed by atoms with van der Waals surface area (Å²) in [6.45, 7) is 0. The van der Waals surface area contributed by atoms with Crippen molar-refractivity contribution in [3.8, 4) is 11.1 Å². The highest BCUT2D eigenvalue weighted by Gasteiger charge is 2.16. The molecular formula is C22H19N3. The van der Waals surface area contributed by atoms with Gasteiger partial charge in [-0.2, -0.15) is 0 Å². The monoisotopic (exact) mass is 325 g/mol. The molecule has 0 radical (unpaired) electrons. The van der Waals surface area contributed by atoms with Gasteiger partial charge in [0.05, 0.1) is 12.0 Å². The van der Waals surface area contributed by atoms with Crippen molar-refractivity contribution >= 4 is 22.6 Å². The van der Waals surface area contributed by atoms with Crippen LogP contribution in [-0.2, 0) is 6.42 Å². The Morgan fingerprint density at radius 2 is 2.00 bits per heavy atom. The first kappa shape index (κ1) is 14.3. The molecule has 122 valence electrons. The lowest BCUT2D eigenvalue weighted by Gasteiger charge is -2.20. The van der Waals surface area contributed by atoms with Gasteiger partial charge in [0.15, 0.2) is 0 Å². The lowest BCUT2D eigenvalue weighted by atomic mass is 9.84. The molecule has 3 heteroatoms. The highest BCUT2D eigenvalue weighted by atomic mass is 14.8. The number of nitrogens with one attached hydrogen (secondary N) is 2. The van der Waals surface area contributed by atoms with Crippen LogP contribution in [0.15, 0.2) is 61.2 Å². The summed E-state index contributed by atoms with van der Waals surface area (Å²) < 4.78 is 0. The molecule has 1 aliphatic carbocycles. The van der Waals surface area contributed by atoms with Crippen LogP contribution in [0.5, 0.6) is 0 Å². The highest BCUT2D eigenvalue weighted by Crippen LogP contribution is 2.36. The Kier molecular flexibility index (Phi) is 3.30. The van der Waals surface area contributed by atoms with Crippen molar-refractivity contribution in [3.63, 3.8) is 0 Å². The maximum absolute atomic E-state index is 4.36. The summed E-state index contributed by atoms with van der Waals surface area (Å²) in [5, 5.41) is 1.27. The van der Waals surface area contributed by atoms with E-state index in [9.17, 15) is 0 Å². The Hall–Kier alpha value is -3.07.